The first-order chi connectivity index (χ1) is 8.08. The van der Waals surface area contributed by atoms with E-state index in [0.29, 0.717) is 10.8 Å². The van der Waals surface area contributed by atoms with Crippen molar-refractivity contribution in [1.29, 1.82) is 0 Å². The van der Waals surface area contributed by atoms with Gasteiger partial charge in [-0.3, -0.25) is 9.59 Å². The van der Waals surface area contributed by atoms with Gasteiger partial charge in [0, 0.05) is 4.43 Å². The Morgan fingerprint density at radius 1 is 1.18 bits per heavy atom. The first kappa shape index (κ1) is 16.4. The second-order valence-electron chi connectivity index (χ2n) is 3.35. The number of hydrogen-bond acceptors (Lipinski definition) is 4. The van der Waals surface area contributed by atoms with E-state index in [1.165, 1.54) is 0 Å². The second-order valence-corrected chi connectivity index (χ2v) is 4.43. The minimum atomic E-state index is -1.29. The Hall–Kier alpha value is -0.590. The van der Waals surface area contributed by atoms with Crippen molar-refractivity contribution in [2.24, 2.45) is 5.41 Å². The summed E-state index contributed by atoms with van der Waals surface area (Å²) in [4.78, 5) is 24.0. The van der Waals surface area contributed by atoms with Gasteiger partial charge in [0.25, 0.3) is 0 Å². The molecule has 5 heteroatoms. The van der Waals surface area contributed by atoms with Crippen LogP contribution in [0.5, 0.6) is 0 Å². The number of allylic oxidation sites excluding steroid dienone is 1. The molecule has 0 aliphatic carbocycles. The average Bonchev–Trinajstić information content (AvgIpc) is 2.29. The Morgan fingerprint density at radius 2 is 1.65 bits per heavy atom. The number of carbonyl (C=O) groups excluding carboxylic acids is 2. The van der Waals surface area contributed by atoms with E-state index in [0.717, 1.165) is 0 Å². The Kier molecular flexibility index (Phi) is 8.20. The molecule has 0 amide bonds. The van der Waals surface area contributed by atoms with Crippen LogP contribution in [0, 0.1) is 5.41 Å². The van der Waals surface area contributed by atoms with Gasteiger partial charge in [0.2, 0.25) is 0 Å². The third-order valence-corrected chi connectivity index (χ3v) is 2.76. The van der Waals surface area contributed by atoms with Crippen LogP contribution in [0.3, 0.4) is 0 Å². The molecule has 0 fully saturated rings. The molecule has 0 aliphatic heterocycles. The summed E-state index contributed by atoms with van der Waals surface area (Å²) >= 11 is 2.13. The van der Waals surface area contributed by atoms with Gasteiger partial charge in [0.15, 0.2) is 5.41 Å². The largest absolute Gasteiger partial charge is 0.465 e. The minimum absolute atomic E-state index is 0.249. The molecule has 4 nitrogen and oxygen atoms in total. The first-order valence-corrected chi connectivity index (χ1v) is 7.15. The highest BCUT2D eigenvalue weighted by Gasteiger charge is 2.45. The zero-order chi connectivity index (χ0) is 13.3. The lowest BCUT2D eigenvalue weighted by molar-refractivity contribution is -0.168. The number of carbonyl (C=O) groups is 2. The van der Waals surface area contributed by atoms with Crippen molar-refractivity contribution in [2.75, 3.05) is 17.6 Å². The van der Waals surface area contributed by atoms with E-state index < -0.39 is 17.4 Å². The topological polar surface area (TPSA) is 52.6 Å². The fourth-order valence-corrected chi connectivity index (χ4v) is 2.31. The molecule has 0 N–H and O–H groups in total. The van der Waals surface area contributed by atoms with Crippen LogP contribution in [0.2, 0.25) is 0 Å². The molecule has 0 aromatic heterocycles. The highest BCUT2D eigenvalue weighted by Crippen LogP contribution is 2.29. The van der Waals surface area contributed by atoms with Crippen molar-refractivity contribution in [3.05, 3.63) is 12.2 Å². The monoisotopic (exact) mass is 354 g/mol. The third kappa shape index (κ3) is 4.29. The van der Waals surface area contributed by atoms with E-state index in [1.807, 2.05) is 0 Å². The molecule has 0 saturated carbocycles. The zero-order valence-corrected chi connectivity index (χ0v) is 12.7. The van der Waals surface area contributed by atoms with Crippen LogP contribution in [0.4, 0.5) is 0 Å². The van der Waals surface area contributed by atoms with Crippen LogP contribution in [0.1, 0.15) is 27.2 Å². The number of ether oxygens (including phenoxy) is 2. The first-order valence-electron chi connectivity index (χ1n) is 5.63. The number of hydrogen-bond donors (Lipinski definition) is 0. The third-order valence-electron chi connectivity index (χ3n) is 2.22. The summed E-state index contributed by atoms with van der Waals surface area (Å²) in [5.74, 6) is -1.07. The number of rotatable bonds is 7. The predicted molar refractivity (Wildman–Crippen MR) is 74.0 cm³/mol. The average molecular weight is 354 g/mol. The molecular weight excluding hydrogens is 335 g/mol. The van der Waals surface area contributed by atoms with E-state index in [2.05, 4.69) is 22.6 Å². The summed E-state index contributed by atoms with van der Waals surface area (Å²) in [5, 5.41) is 0. The van der Waals surface area contributed by atoms with Gasteiger partial charge < -0.3 is 9.47 Å². The molecule has 0 heterocycles. The van der Waals surface area contributed by atoms with Gasteiger partial charge in [-0.15, -0.1) is 0 Å². The number of halogens is 1. The maximum Gasteiger partial charge on any atom is 0.327 e. The standard InChI is InChI=1S/C12H19IO4/c1-4-7-12(8-9-13,10(14)16-5-2)11(15)17-6-3/h4,7H,5-6,8-9H2,1-3H3. The molecule has 0 radical (unpaired) electrons. The highest BCUT2D eigenvalue weighted by atomic mass is 127. The van der Waals surface area contributed by atoms with E-state index in [9.17, 15) is 9.59 Å². The molecule has 0 rings (SSSR count). The second kappa shape index (κ2) is 8.49. The van der Waals surface area contributed by atoms with Gasteiger partial charge in [-0.2, -0.15) is 0 Å². The summed E-state index contributed by atoms with van der Waals surface area (Å²) in [5.41, 5.74) is -1.29. The fourth-order valence-electron chi connectivity index (χ4n) is 1.46. The normalized spacial score (nSPS) is 11.5. The van der Waals surface area contributed by atoms with Crippen molar-refractivity contribution in [3.63, 3.8) is 0 Å². The molecule has 0 spiro atoms. The van der Waals surface area contributed by atoms with Gasteiger partial charge >= 0.3 is 11.9 Å². The lowest BCUT2D eigenvalue weighted by atomic mass is 9.84. The molecule has 0 unspecified atom stereocenters. The predicted octanol–water partition coefficient (Wildman–Crippen LogP) is 2.50. The van der Waals surface area contributed by atoms with Gasteiger partial charge in [0.05, 0.1) is 13.2 Å². The lowest BCUT2D eigenvalue weighted by Crippen LogP contribution is -2.41. The molecule has 98 valence electrons. The molecule has 0 atom stereocenters. The molecule has 0 aromatic rings. The van der Waals surface area contributed by atoms with Crippen LogP contribution >= 0.6 is 22.6 Å². The van der Waals surface area contributed by atoms with E-state index in [4.69, 9.17) is 9.47 Å². The number of alkyl halides is 1. The van der Waals surface area contributed by atoms with Crippen molar-refractivity contribution in [3.8, 4) is 0 Å². The van der Waals surface area contributed by atoms with E-state index in [1.54, 1.807) is 32.9 Å². The van der Waals surface area contributed by atoms with Gasteiger partial charge in [0.1, 0.15) is 0 Å². The van der Waals surface area contributed by atoms with Crippen molar-refractivity contribution in [2.45, 2.75) is 27.2 Å². The number of esters is 2. The van der Waals surface area contributed by atoms with Crippen LogP contribution in [-0.2, 0) is 19.1 Å². The summed E-state index contributed by atoms with van der Waals surface area (Å²) in [6.45, 7) is 5.69. The Bertz CT molecular complexity index is 268. The highest BCUT2D eigenvalue weighted by molar-refractivity contribution is 14.1. The van der Waals surface area contributed by atoms with Crippen LogP contribution in [-0.4, -0.2) is 29.6 Å². The summed E-state index contributed by atoms with van der Waals surface area (Å²) < 4.78 is 10.6. The molecular formula is C12H19IO4. The fraction of sp³-hybridized carbons (Fsp3) is 0.667. The molecule has 17 heavy (non-hydrogen) atoms. The molecule has 0 saturated heterocycles. The van der Waals surface area contributed by atoms with Crippen LogP contribution in [0.15, 0.2) is 12.2 Å². The van der Waals surface area contributed by atoms with E-state index >= 15 is 0 Å². The maximum atomic E-state index is 12.0. The van der Waals surface area contributed by atoms with E-state index in [-0.39, 0.29) is 13.2 Å². The van der Waals surface area contributed by atoms with Crippen molar-refractivity contribution in [1.82, 2.24) is 0 Å². The molecule has 0 aliphatic rings. The van der Waals surface area contributed by atoms with Crippen molar-refractivity contribution < 1.29 is 19.1 Å². The van der Waals surface area contributed by atoms with Crippen LogP contribution < -0.4 is 0 Å². The Balaban J connectivity index is 5.24. The Morgan fingerprint density at radius 3 is 1.94 bits per heavy atom. The smallest absolute Gasteiger partial charge is 0.327 e. The van der Waals surface area contributed by atoms with Crippen molar-refractivity contribution >= 4 is 34.5 Å². The lowest BCUT2D eigenvalue weighted by Gasteiger charge is -2.25. The molecule has 0 aromatic carbocycles. The summed E-state index contributed by atoms with van der Waals surface area (Å²) in [7, 11) is 0. The summed E-state index contributed by atoms with van der Waals surface area (Å²) in [6, 6.07) is 0. The zero-order valence-electron chi connectivity index (χ0n) is 10.5. The van der Waals surface area contributed by atoms with Gasteiger partial charge in [-0.05, 0) is 27.2 Å². The quantitative estimate of drug-likeness (QED) is 0.232. The summed E-state index contributed by atoms with van der Waals surface area (Å²) in [6.07, 6.45) is 3.64. The van der Waals surface area contributed by atoms with Gasteiger partial charge in [-0.1, -0.05) is 34.7 Å². The maximum absolute atomic E-state index is 12.0. The molecule has 0 bridgehead atoms. The minimum Gasteiger partial charge on any atom is -0.465 e. The van der Waals surface area contributed by atoms with Crippen LogP contribution in [0.25, 0.3) is 0 Å². The SMILES string of the molecule is CC=CC(CCI)(C(=O)OCC)C(=O)OCC. The van der Waals surface area contributed by atoms with Gasteiger partial charge in [-0.25, -0.2) is 0 Å². The Labute approximate surface area is 116 Å².